The van der Waals surface area contributed by atoms with Crippen LogP contribution in [0.5, 0.6) is 0 Å². The normalized spacial score (nSPS) is 35.4. The van der Waals surface area contributed by atoms with Crippen molar-refractivity contribution in [3.05, 3.63) is 0 Å². The van der Waals surface area contributed by atoms with Crippen molar-refractivity contribution in [3.8, 4) is 0 Å². The molecule has 3 rings (SSSR count). The number of fused-ring (bicyclic) bond motifs is 1. The summed E-state index contributed by atoms with van der Waals surface area (Å²) in [6.45, 7) is 5.07. The molecule has 3 aliphatic rings. The molecular weight excluding hydrogens is 229 g/mol. The quantitative estimate of drug-likeness (QED) is 0.758. The summed E-state index contributed by atoms with van der Waals surface area (Å²) in [7, 11) is 0. The number of carbonyl (C=O) groups excluding carboxylic acids is 1. The Balaban J connectivity index is 2.15. The van der Waals surface area contributed by atoms with Crippen LogP contribution in [0.1, 0.15) is 27.2 Å². The molecule has 1 aliphatic carbocycles. The van der Waals surface area contributed by atoms with E-state index >= 15 is 0 Å². The summed E-state index contributed by atoms with van der Waals surface area (Å²) in [4.78, 5) is 23.9. The maximum atomic E-state index is 13.5. The van der Waals surface area contributed by atoms with Gasteiger partial charge in [0, 0.05) is 5.92 Å². The monoisotopic (exact) mass is 245 g/mol. The number of carboxylic acid groups (broad SMARTS) is 1. The number of alkyl halides is 1. The van der Waals surface area contributed by atoms with Gasteiger partial charge in [0.05, 0.1) is 6.04 Å². The van der Waals surface area contributed by atoms with Crippen molar-refractivity contribution in [2.75, 3.05) is 0 Å². The van der Waals surface area contributed by atoms with Crippen LogP contribution in [-0.4, -0.2) is 45.9 Å². The Labute approximate surface area is 98.5 Å². The second-order valence-electron chi connectivity index (χ2n) is 5.58. The summed E-state index contributed by atoms with van der Waals surface area (Å²) < 4.78 is 18.6. The predicted octanol–water partition coefficient (Wildman–Crippen LogP) is 1.42. The number of hydrogen-bond acceptors (Lipinski definition) is 3. The van der Waals surface area contributed by atoms with E-state index < -0.39 is 41.8 Å². The molecule has 2 saturated heterocycles. The lowest BCUT2D eigenvalue weighted by Gasteiger charge is -2.31. The number of hydrogen-bond donors (Lipinski definition) is 1. The van der Waals surface area contributed by atoms with Crippen molar-refractivity contribution in [2.45, 2.75) is 51.0 Å². The van der Waals surface area contributed by atoms with Crippen LogP contribution in [0, 0.1) is 5.92 Å². The van der Waals surface area contributed by atoms with E-state index in [0.29, 0.717) is 6.42 Å². The second kappa shape index (κ2) is 3.58. The lowest BCUT2D eigenvalue weighted by Crippen LogP contribution is -2.45. The molecule has 2 heterocycles. The Morgan fingerprint density at radius 2 is 2.00 bits per heavy atom. The number of carbonyl (C=O) groups is 2. The fourth-order valence-electron chi connectivity index (χ4n) is 2.48. The Morgan fingerprint density at radius 1 is 1.41 bits per heavy atom. The van der Waals surface area contributed by atoms with Crippen molar-refractivity contribution < 1.29 is 23.8 Å². The third kappa shape index (κ3) is 1.85. The van der Waals surface area contributed by atoms with Crippen LogP contribution in [0.15, 0.2) is 0 Å². The highest BCUT2D eigenvalue weighted by atomic mass is 19.1. The van der Waals surface area contributed by atoms with Gasteiger partial charge in [0.1, 0.15) is 17.8 Å². The predicted molar refractivity (Wildman–Crippen MR) is 56.3 cm³/mol. The number of ether oxygens (including phenoxy) is 1. The largest absolute Gasteiger partial charge is 0.480 e. The summed E-state index contributed by atoms with van der Waals surface area (Å²) in [5.41, 5.74) is -0.709. The fraction of sp³-hybridized carbons (Fsp3) is 0.818. The Morgan fingerprint density at radius 3 is 2.41 bits per heavy atom. The second-order valence-corrected chi connectivity index (χ2v) is 5.58. The Bertz CT molecular complexity index is 365. The molecule has 4 atom stereocenters. The highest BCUT2D eigenvalue weighted by molar-refractivity contribution is 5.83. The zero-order valence-electron chi connectivity index (χ0n) is 10.0. The van der Waals surface area contributed by atoms with E-state index in [4.69, 9.17) is 9.84 Å². The minimum Gasteiger partial charge on any atom is -0.480 e. The summed E-state index contributed by atoms with van der Waals surface area (Å²) in [5.74, 6) is -1.74. The van der Waals surface area contributed by atoms with Crippen LogP contribution >= 0.6 is 0 Å². The van der Waals surface area contributed by atoms with E-state index in [2.05, 4.69) is 0 Å². The van der Waals surface area contributed by atoms with Gasteiger partial charge < -0.3 is 9.84 Å². The molecule has 17 heavy (non-hydrogen) atoms. The van der Waals surface area contributed by atoms with Crippen LogP contribution in [0.3, 0.4) is 0 Å². The van der Waals surface area contributed by atoms with E-state index in [1.165, 1.54) is 0 Å². The number of aliphatic carboxylic acids is 1. The maximum absolute atomic E-state index is 13.5. The molecule has 0 aromatic heterocycles. The minimum atomic E-state index is -1.23. The van der Waals surface area contributed by atoms with Crippen molar-refractivity contribution in [1.82, 2.24) is 4.90 Å². The number of nitrogens with zero attached hydrogens (tertiary/aromatic N) is 1. The van der Waals surface area contributed by atoms with Crippen LogP contribution in [0.4, 0.5) is 9.18 Å². The van der Waals surface area contributed by atoms with E-state index in [1.807, 2.05) is 0 Å². The van der Waals surface area contributed by atoms with E-state index in [-0.39, 0.29) is 0 Å². The number of amides is 1. The molecule has 2 aliphatic heterocycles. The Hall–Kier alpha value is -1.33. The lowest BCUT2D eigenvalue weighted by molar-refractivity contribution is -0.142. The molecule has 3 fully saturated rings. The van der Waals surface area contributed by atoms with Crippen molar-refractivity contribution in [3.63, 3.8) is 0 Å². The van der Waals surface area contributed by atoms with Crippen molar-refractivity contribution >= 4 is 12.1 Å². The van der Waals surface area contributed by atoms with Gasteiger partial charge >= 0.3 is 12.1 Å². The van der Waals surface area contributed by atoms with Gasteiger partial charge in [0.2, 0.25) is 0 Å². The average molecular weight is 245 g/mol. The van der Waals surface area contributed by atoms with Gasteiger partial charge in [-0.05, 0) is 27.2 Å². The molecule has 2 bridgehead atoms. The molecule has 0 aromatic rings. The maximum Gasteiger partial charge on any atom is 0.411 e. The molecule has 0 radical (unpaired) electrons. The SMILES string of the molecule is CC(C)(C)OC(=O)N1[C@@H]2C[C@@H]([C@H]2F)[C@H]1C(=O)O. The van der Waals surface area contributed by atoms with E-state index in [9.17, 15) is 14.0 Å². The standard InChI is InChI=1S/C11H16FNO4/c1-11(2,3)17-10(16)13-6-4-5(7(6)12)8(13)9(14)15/h5-8H,4H2,1-3H3,(H,14,15)/t5-,6+,7+,8-/m0/s1. The number of carboxylic acids is 1. The lowest BCUT2D eigenvalue weighted by atomic mass is 9.81. The Kier molecular flexibility index (Phi) is 2.56. The van der Waals surface area contributed by atoms with E-state index in [0.717, 1.165) is 4.90 Å². The van der Waals surface area contributed by atoms with Crippen LogP contribution in [0.2, 0.25) is 0 Å². The molecule has 1 amide bonds. The first-order valence-corrected chi connectivity index (χ1v) is 5.60. The topological polar surface area (TPSA) is 66.8 Å². The highest BCUT2D eigenvalue weighted by Crippen LogP contribution is 2.48. The molecule has 0 unspecified atom stereocenters. The summed E-state index contributed by atoms with van der Waals surface area (Å²) >= 11 is 0. The van der Waals surface area contributed by atoms with Crippen LogP contribution < -0.4 is 0 Å². The minimum absolute atomic E-state index is 0.414. The van der Waals surface area contributed by atoms with Gasteiger partial charge in [-0.1, -0.05) is 0 Å². The molecule has 5 nitrogen and oxygen atoms in total. The third-order valence-corrected chi connectivity index (χ3v) is 3.21. The molecule has 96 valence electrons. The average Bonchev–Trinajstić information content (AvgIpc) is 2.66. The van der Waals surface area contributed by atoms with Gasteiger partial charge in [-0.3, -0.25) is 4.90 Å². The molecule has 0 spiro atoms. The third-order valence-electron chi connectivity index (χ3n) is 3.21. The van der Waals surface area contributed by atoms with Crippen LogP contribution in [0.25, 0.3) is 0 Å². The first-order valence-electron chi connectivity index (χ1n) is 5.60. The van der Waals surface area contributed by atoms with Crippen molar-refractivity contribution in [1.29, 1.82) is 0 Å². The zero-order valence-corrected chi connectivity index (χ0v) is 10.0. The first kappa shape index (κ1) is 12.1. The summed E-state index contributed by atoms with van der Waals surface area (Å²) in [6.07, 6.45) is -1.56. The highest BCUT2D eigenvalue weighted by Gasteiger charge is 2.64. The first-order chi connectivity index (χ1) is 7.72. The molecule has 1 N–H and O–H groups in total. The van der Waals surface area contributed by atoms with Gasteiger partial charge in [-0.2, -0.15) is 0 Å². The summed E-state index contributed by atoms with van der Waals surface area (Å²) in [5, 5.41) is 9.03. The van der Waals surface area contributed by atoms with Crippen LogP contribution in [-0.2, 0) is 9.53 Å². The number of rotatable bonds is 1. The van der Waals surface area contributed by atoms with Gasteiger partial charge in [-0.15, -0.1) is 0 Å². The molecule has 6 heteroatoms. The number of halogens is 1. The van der Waals surface area contributed by atoms with Crippen molar-refractivity contribution in [2.24, 2.45) is 5.92 Å². The molecular formula is C11H16FNO4. The van der Waals surface area contributed by atoms with Gasteiger partial charge in [0.25, 0.3) is 0 Å². The van der Waals surface area contributed by atoms with E-state index in [1.54, 1.807) is 20.8 Å². The molecule has 1 saturated carbocycles. The zero-order chi connectivity index (χ0) is 13.0. The fourth-order valence-corrected chi connectivity index (χ4v) is 2.48. The van der Waals surface area contributed by atoms with Gasteiger partial charge in [0.15, 0.2) is 0 Å². The molecule has 0 aromatic carbocycles. The smallest absolute Gasteiger partial charge is 0.411 e. The van der Waals surface area contributed by atoms with Gasteiger partial charge in [-0.25, -0.2) is 14.0 Å². The summed E-state index contributed by atoms with van der Waals surface area (Å²) in [6, 6.07) is -1.71.